The predicted molar refractivity (Wildman–Crippen MR) is 80.6 cm³/mol. The van der Waals surface area contributed by atoms with Crippen molar-refractivity contribution in [2.24, 2.45) is 0 Å². The molecule has 3 rings (SSSR count). The van der Waals surface area contributed by atoms with E-state index in [2.05, 4.69) is 32.6 Å². The van der Waals surface area contributed by atoms with Gasteiger partial charge in [-0.2, -0.15) is 5.10 Å². The topological polar surface area (TPSA) is 90.0 Å². The molecule has 0 atom stereocenters. The molecule has 0 aromatic carbocycles. The van der Waals surface area contributed by atoms with Gasteiger partial charge in [0.05, 0.1) is 30.0 Å². The van der Waals surface area contributed by atoms with Gasteiger partial charge in [0, 0.05) is 12.6 Å². The summed E-state index contributed by atoms with van der Waals surface area (Å²) in [5, 5.41) is 14.8. The van der Waals surface area contributed by atoms with Crippen molar-refractivity contribution in [3.8, 4) is 0 Å². The van der Waals surface area contributed by atoms with Crippen molar-refractivity contribution < 1.29 is 4.79 Å². The number of fused-ring (bicyclic) bond motifs is 1. The van der Waals surface area contributed by atoms with E-state index in [0.29, 0.717) is 5.69 Å². The smallest absolute Gasteiger partial charge is 0.277 e. The first kappa shape index (κ1) is 14.2. The standard InChI is InChI=1S/C14H17N7O/c1-3-4-5-20-9-12(17-19-20)14(22)16-11-7-15-13-6-10(2)18-21(13)8-11/h6-9H,3-5H2,1-2H3,(H,16,22). The molecule has 0 radical (unpaired) electrons. The molecule has 3 aromatic rings. The highest BCUT2D eigenvalue weighted by Crippen LogP contribution is 2.10. The third-order valence-corrected chi connectivity index (χ3v) is 3.21. The number of hydrogen-bond acceptors (Lipinski definition) is 5. The van der Waals surface area contributed by atoms with Gasteiger partial charge in [0.2, 0.25) is 0 Å². The van der Waals surface area contributed by atoms with Gasteiger partial charge in [-0.15, -0.1) is 5.10 Å². The van der Waals surface area contributed by atoms with E-state index in [1.807, 2.05) is 13.0 Å². The number of nitrogens with one attached hydrogen (secondary N) is 1. The lowest BCUT2D eigenvalue weighted by Gasteiger charge is -2.02. The fourth-order valence-electron chi connectivity index (χ4n) is 2.09. The molecule has 3 heterocycles. The fourth-order valence-corrected chi connectivity index (χ4v) is 2.09. The van der Waals surface area contributed by atoms with Gasteiger partial charge in [0.25, 0.3) is 5.91 Å². The van der Waals surface area contributed by atoms with Crippen molar-refractivity contribution in [3.63, 3.8) is 0 Å². The molecular formula is C14H17N7O. The van der Waals surface area contributed by atoms with Gasteiger partial charge in [0.1, 0.15) is 0 Å². The zero-order valence-corrected chi connectivity index (χ0v) is 12.5. The molecule has 0 bridgehead atoms. The van der Waals surface area contributed by atoms with E-state index in [9.17, 15) is 4.79 Å². The zero-order valence-electron chi connectivity index (χ0n) is 12.5. The maximum absolute atomic E-state index is 12.2. The van der Waals surface area contributed by atoms with Crippen LogP contribution in [-0.2, 0) is 6.54 Å². The Morgan fingerprint density at radius 1 is 1.36 bits per heavy atom. The van der Waals surface area contributed by atoms with Crippen LogP contribution in [0.5, 0.6) is 0 Å². The van der Waals surface area contributed by atoms with E-state index in [1.54, 1.807) is 27.8 Å². The van der Waals surface area contributed by atoms with E-state index in [-0.39, 0.29) is 11.6 Å². The van der Waals surface area contributed by atoms with Gasteiger partial charge < -0.3 is 5.32 Å². The number of aromatic nitrogens is 6. The third-order valence-electron chi connectivity index (χ3n) is 3.21. The van der Waals surface area contributed by atoms with Crippen LogP contribution in [0, 0.1) is 6.92 Å². The summed E-state index contributed by atoms with van der Waals surface area (Å²) in [6.07, 6.45) is 7.03. The Bertz CT molecular complexity index is 804. The Hall–Kier alpha value is -2.77. The van der Waals surface area contributed by atoms with Crippen LogP contribution in [0.3, 0.4) is 0 Å². The number of aryl methyl sites for hydroxylation is 2. The number of unbranched alkanes of at least 4 members (excludes halogenated alkanes) is 1. The van der Waals surface area contributed by atoms with Crippen molar-refractivity contribution in [2.75, 3.05) is 5.32 Å². The molecule has 8 heteroatoms. The number of hydrogen-bond donors (Lipinski definition) is 1. The van der Waals surface area contributed by atoms with E-state index in [0.717, 1.165) is 30.7 Å². The van der Waals surface area contributed by atoms with Crippen LogP contribution in [0.15, 0.2) is 24.7 Å². The minimum Gasteiger partial charge on any atom is -0.318 e. The minimum absolute atomic E-state index is 0.285. The highest BCUT2D eigenvalue weighted by Gasteiger charge is 2.12. The number of carbonyl (C=O) groups excluding carboxylic acids is 1. The molecule has 0 saturated carbocycles. The maximum Gasteiger partial charge on any atom is 0.277 e. The molecule has 0 fully saturated rings. The van der Waals surface area contributed by atoms with Crippen LogP contribution in [-0.4, -0.2) is 35.5 Å². The molecule has 3 aromatic heterocycles. The molecule has 0 saturated heterocycles. The molecule has 0 aliphatic carbocycles. The summed E-state index contributed by atoms with van der Waals surface area (Å²) in [6.45, 7) is 4.75. The second-order valence-electron chi connectivity index (χ2n) is 5.11. The van der Waals surface area contributed by atoms with Gasteiger partial charge in [-0.3, -0.25) is 9.48 Å². The summed E-state index contributed by atoms with van der Waals surface area (Å²) in [5.41, 5.74) is 2.45. The van der Waals surface area contributed by atoms with Gasteiger partial charge in [-0.25, -0.2) is 9.50 Å². The Balaban J connectivity index is 1.73. The summed E-state index contributed by atoms with van der Waals surface area (Å²) in [5.74, 6) is -0.312. The number of anilines is 1. The van der Waals surface area contributed by atoms with Crippen molar-refractivity contribution >= 4 is 17.2 Å². The Morgan fingerprint density at radius 3 is 3.05 bits per heavy atom. The molecule has 0 aliphatic heterocycles. The lowest BCUT2D eigenvalue weighted by molar-refractivity contribution is 0.102. The first-order chi connectivity index (χ1) is 10.7. The van der Waals surface area contributed by atoms with Crippen molar-refractivity contribution in [3.05, 3.63) is 36.0 Å². The SMILES string of the molecule is CCCCn1cc(C(=O)Nc2cnc3cc(C)nn3c2)nn1. The molecule has 0 aliphatic rings. The second-order valence-corrected chi connectivity index (χ2v) is 5.11. The summed E-state index contributed by atoms with van der Waals surface area (Å²) in [7, 11) is 0. The average Bonchev–Trinajstić information content (AvgIpc) is 3.10. The lowest BCUT2D eigenvalue weighted by Crippen LogP contribution is -2.13. The van der Waals surface area contributed by atoms with E-state index < -0.39 is 0 Å². The molecule has 8 nitrogen and oxygen atoms in total. The van der Waals surface area contributed by atoms with Gasteiger partial charge in [-0.05, 0) is 13.3 Å². The highest BCUT2D eigenvalue weighted by molar-refractivity contribution is 6.02. The zero-order chi connectivity index (χ0) is 15.5. The second kappa shape index (κ2) is 5.92. The lowest BCUT2D eigenvalue weighted by atomic mass is 10.3. The van der Waals surface area contributed by atoms with E-state index in [4.69, 9.17) is 0 Å². The quantitative estimate of drug-likeness (QED) is 0.774. The van der Waals surface area contributed by atoms with Crippen LogP contribution >= 0.6 is 0 Å². The fraction of sp³-hybridized carbons (Fsp3) is 0.357. The van der Waals surface area contributed by atoms with Crippen LogP contribution in [0.25, 0.3) is 5.65 Å². The first-order valence-corrected chi connectivity index (χ1v) is 7.19. The van der Waals surface area contributed by atoms with Crippen LogP contribution in [0.2, 0.25) is 0 Å². The van der Waals surface area contributed by atoms with Gasteiger partial charge >= 0.3 is 0 Å². The summed E-state index contributed by atoms with van der Waals surface area (Å²) in [6, 6.07) is 1.87. The molecule has 114 valence electrons. The maximum atomic E-state index is 12.2. The van der Waals surface area contributed by atoms with Gasteiger partial charge in [0.15, 0.2) is 11.3 Å². The summed E-state index contributed by atoms with van der Waals surface area (Å²) in [4.78, 5) is 16.4. The number of nitrogens with zero attached hydrogens (tertiary/aromatic N) is 6. The van der Waals surface area contributed by atoms with Gasteiger partial charge in [-0.1, -0.05) is 18.6 Å². The van der Waals surface area contributed by atoms with Crippen LogP contribution < -0.4 is 5.32 Å². The molecule has 0 unspecified atom stereocenters. The summed E-state index contributed by atoms with van der Waals surface area (Å²) < 4.78 is 3.31. The monoisotopic (exact) mass is 299 g/mol. The van der Waals surface area contributed by atoms with Crippen molar-refractivity contribution in [2.45, 2.75) is 33.2 Å². The molecule has 1 N–H and O–H groups in total. The Kier molecular flexibility index (Phi) is 3.82. The van der Waals surface area contributed by atoms with Crippen molar-refractivity contribution in [1.82, 2.24) is 29.6 Å². The third kappa shape index (κ3) is 2.95. The van der Waals surface area contributed by atoms with E-state index >= 15 is 0 Å². The van der Waals surface area contributed by atoms with Crippen LogP contribution in [0.1, 0.15) is 35.9 Å². The molecule has 22 heavy (non-hydrogen) atoms. The van der Waals surface area contributed by atoms with Crippen molar-refractivity contribution in [1.29, 1.82) is 0 Å². The van der Waals surface area contributed by atoms with E-state index in [1.165, 1.54) is 0 Å². The molecular weight excluding hydrogens is 282 g/mol. The number of carbonyl (C=O) groups is 1. The predicted octanol–water partition coefficient (Wildman–Crippen LogP) is 1.68. The number of rotatable bonds is 5. The number of amides is 1. The molecule has 1 amide bonds. The Labute approximate surface area is 127 Å². The molecule has 0 spiro atoms. The van der Waals surface area contributed by atoms with Crippen LogP contribution in [0.4, 0.5) is 5.69 Å². The average molecular weight is 299 g/mol. The normalized spacial score (nSPS) is 11.0. The summed E-state index contributed by atoms with van der Waals surface area (Å²) >= 11 is 0. The highest BCUT2D eigenvalue weighted by atomic mass is 16.2. The Morgan fingerprint density at radius 2 is 2.23 bits per heavy atom. The largest absolute Gasteiger partial charge is 0.318 e. The first-order valence-electron chi connectivity index (χ1n) is 7.19. The minimum atomic E-state index is -0.312.